The number of imidazole rings is 1. The molecule has 0 atom stereocenters. The number of aromatic nitrogens is 2. The third-order valence-corrected chi connectivity index (χ3v) is 5.40. The first-order chi connectivity index (χ1) is 15.4. The van der Waals surface area contributed by atoms with Gasteiger partial charge in [0.15, 0.2) is 0 Å². The molecule has 2 amide bonds. The Morgan fingerprint density at radius 2 is 1.84 bits per heavy atom. The summed E-state index contributed by atoms with van der Waals surface area (Å²) in [6.45, 7) is 0.350. The topological polar surface area (TPSA) is 76.0 Å². The fraction of sp³-hybridized carbons (Fsp3) is 0.125. The van der Waals surface area contributed by atoms with Crippen molar-refractivity contribution in [2.75, 3.05) is 11.9 Å². The molecule has 4 rings (SSSR count). The van der Waals surface area contributed by atoms with Gasteiger partial charge in [0.2, 0.25) is 0 Å². The quantitative estimate of drug-likeness (QED) is 0.451. The van der Waals surface area contributed by atoms with Gasteiger partial charge in [-0.1, -0.05) is 29.8 Å². The van der Waals surface area contributed by atoms with Gasteiger partial charge in [-0.2, -0.15) is 0 Å². The van der Waals surface area contributed by atoms with Crippen molar-refractivity contribution in [2.24, 2.45) is 7.05 Å². The molecule has 0 saturated heterocycles. The van der Waals surface area contributed by atoms with Crippen molar-refractivity contribution >= 4 is 40.1 Å². The van der Waals surface area contributed by atoms with Crippen LogP contribution in [0, 0.1) is 5.82 Å². The number of fused-ring (bicyclic) bond motifs is 1. The van der Waals surface area contributed by atoms with Gasteiger partial charge in [0.25, 0.3) is 11.8 Å². The number of hydrogen-bond acceptors (Lipinski definition) is 3. The number of aryl methyl sites for hydroxylation is 1. The van der Waals surface area contributed by atoms with E-state index in [2.05, 4.69) is 15.6 Å². The van der Waals surface area contributed by atoms with E-state index >= 15 is 0 Å². The van der Waals surface area contributed by atoms with Crippen molar-refractivity contribution in [1.82, 2.24) is 14.9 Å². The molecule has 0 bridgehead atoms. The summed E-state index contributed by atoms with van der Waals surface area (Å²) in [6.07, 6.45) is 0.494. The van der Waals surface area contributed by atoms with Gasteiger partial charge in [-0.05, 0) is 48.5 Å². The Morgan fingerprint density at radius 1 is 1.03 bits per heavy atom. The molecule has 0 saturated carbocycles. The van der Waals surface area contributed by atoms with Crippen LogP contribution < -0.4 is 10.6 Å². The lowest BCUT2D eigenvalue weighted by Gasteiger charge is -2.07. The number of nitrogens with zero attached hydrogens (tertiary/aromatic N) is 2. The predicted octanol–water partition coefficient (Wildman–Crippen LogP) is 4.59. The number of carbonyl (C=O) groups excluding carboxylic acids is 2. The molecule has 4 aromatic rings. The van der Waals surface area contributed by atoms with Gasteiger partial charge in [-0.25, -0.2) is 9.37 Å². The highest BCUT2D eigenvalue weighted by atomic mass is 35.5. The Hall–Kier alpha value is -3.71. The molecule has 6 nitrogen and oxygen atoms in total. The van der Waals surface area contributed by atoms with Crippen molar-refractivity contribution in [3.05, 3.63) is 94.5 Å². The van der Waals surface area contributed by atoms with E-state index in [1.807, 2.05) is 17.7 Å². The fourth-order valence-electron chi connectivity index (χ4n) is 3.41. The minimum Gasteiger partial charge on any atom is -0.352 e. The highest BCUT2D eigenvalue weighted by Crippen LogP contribution is 2.22. The Morgan fingerprint density at radius 3 is 2.62 bits per heavy atom. The van der Waals surface area contributed by atoms with Crippen LogP contribution in [0.1, 0.15) is 26.5 Å². The zero-order valence-electron chi connectivity index (χ0n) is 17.2. The lowest BCUT2D eigenvalue weighted by molar-refractivity contribution is 0.0952. The monoisotopic (exact) mass is 450 g/mol. The Bertz CT molecular complexity index is 1320. The lowest BCUT2D eigenvalue weighted by Crippen LogP contribution is -2.26. The highest BCUT2D eigenvalue weighted by molar-refractivity contribution is 6.34. The number of anilines is 1. The van der Waals surface area contributed by atoms with Crippen LogP contribution in [-0.4, -0.2) is 27.9 Å². The molecule has 0 aliphatic carbocycles. The average Bonchev–Trinajstić information content (AvgIpc) is 3.08. The maximum absolute atomic E-state index is 13.3. The lowest BCUT2D eigenvalue weighted by atomic mass is 10.2. The molecule has 0 spiro atoms. The van der Waals surface area contributed by atoms with E-state index in [4.69, 9.17) is 11.6 Å². The minimum atomic E-state index is -0.453. The first-order valence-corrected chi connectivity index (χ1v) is 10.3. The third kappa shape index (κ3) is 4.63. The molecule has 1 aromatic heterocycles. The zero-order valence-corrected chi connectivity index (χ0v) is 18.0. The molecule has 162 valence electrons. The van der Waals surface area contributed by atoms with Crippen LogP contribution in [0.3, 0.4) is 0 Å². The van der Waals surface area contributed by atoms with E-state index in [1.54, 1.807) is 42.5 Å². The van der Waals surface area contributed by atoms with E-state index in [-0.39, 0.29) is 17.4 Å². The number of carbonyl (C=O) groups is 2. The van der Waals surface area contributed by atoms with Gasteiger partial charge in [-0.15, -0.1) is 0 Å². The minimum absolute atomic E-state index is 0.272. The SMILES string of the molecule is Cn1c(CCNC(=O)c2cccc(F)c2)nc2cc(NC(=O)c3ccccc3Cl)ccc21. The summed E-state index contributed by atoms with van der Waals surface area (Å²) in [5.74, 6) is -0.321. The summed E-state index contributed by atoms with van der Waals surface area (Å²) < 4.78 is 15.2. The van der Waals surface area contributed by atoms with E-state index in [1.165, 1.54) is 18.2 Å². The summed E-state index contributed by atoms with van der Waals surface area (Å²) in [5.41, 5.74) is 2.88. The van der Waals surface area contributed by atoms with Crippen molar-refractivity contribution in [3.8, 4) is 0 Å². The van der Waals surface area contributed by atoms with Crippen LogP contribution in [0.25, 0.3) is 11.0 Å². The Labute approximate surface area is 189 Å². The van der Waals surface area contributed by atoms with Crippen LogP contribution in [-0.2, 0) is 13.5 Å². The maximum Gasteiger partial charge on any atom is 0.257 e. The molecule has 32 heavy (non-hydrogen) atoms. The highest BCUT2D eigenvalue weighted by Gasteiger charge is 2.13. The normalized spacial score (nSPS) is 10.8. The molecule has 8 heteroatoms. The van der Waals surface area contributed by atoms with Gasteiger partial charge < -0.3 is 15.2 Å². The van der Waals surface area contributed by atoms with E-state index < -0.39 is 5.82 Å². The molecule has 0 radical (unpaired) electrons. The fourth-order valence-corrected chi connectivity index (χ4v) is 3.64. The number of amides is 2. The van der Waals surface area contributed by atoms with Crippen LogP contribution in [0.2, 0.25) is 5.02 Å². The number of benzene rings is 3. The molecular weight excluding hydrogens is 431 g/mol. The first kappa shape index (κ1) is 21.5. The Balaban J connectivity index is 1.44. The standard InChI is InChI=1S/C24H20ClFN4O2/c1-30-21-10-9-17(28-24(32)18-7-2-3-8-19(18)25)14-20(21)29-22(30)11-12-27-23(31)15-5-4-6-16(26)13-15/h2-10,13-14H,11-12H2,1H3,(H,27,31)(H,28,32). The smallest absolute Gasteiger partial charge is 0.257 e. The van der Waals surface area contributed by atoms with Crippen LogP contribution in [0.4, 0.5) is 10.1 Å². The first-order valence-electron chi connectivity index (χ1n) is 9.97. The van der Waals surface area contributed by atoms with Crippen molar-refractivity contribution in [1.29, 1.82) is 0 Å². The molecule has 3 aromatic carbocycles. The van der Waals surface area contributed by atoms with E-state index in [9.17, 15) is 14.0 Å². The second kappa shape index (κ2) is 9.20. The number of rotatable bonds is 6. The summed E-state index contributed by atoms with van der Waals surface area (Å²) >= 11 is 6.10. The van der Waals surface area contributed by atoms with Crippen LogP contribution in [0.15, 0.2) is 66.7 Å². The zero-order chi connectivity index (χ0) is 22.7. The third-order valence-electron chi connectivity index (χ3n) is 5.07. The predicted molar refractivity (Wildman–Crippen MR) is 123 cm³/mol. The summed E-state index contributed by atoms with van der Waals surface area (Å²) in [5, 5.41) is 6.00. The summed E-state index contributed by atoms with van der Waals surface area (Å²) in [7, 11) is 1.89. The summed E-state index contributed by atoms with van der Waals surface area (Å²) in [6, 6.07) is 17.9. The largest absolute Gasteiger partial charge is 0.352 e. The second-order valence-electron chi connectivity index (χ2n) is 7.24. The molecule has 0 aliphatic rings. The van der Waals surface area contributed by atoms with Gasteiger partial charge >= 0.3 is 0 Å². The molecular formula is C24H20ClFN4O2. The van der Waals surface area contributed by atoms with E-state index in [0.717, 1.165) is 16.9 Å². The number of hydrogen-bond donors (Lipinski definition) is 2. The van der Waals surface area contributed by atoms with Crippen molar-refractivity contribution < 1.29 is 14.0 Å². The second-order valence-corrected chi connectivity index (χ2v) is 7.65. The molecule has 0 aliphatic heterocycles. The van der Waals surface area contributed by atoms with Gasteiger partial charge in [-0.3, -0.25) is 9.59 Å². The average molecular weight is 451 g/mol. The molecule has 0 fully saturated rings. The summed E-state index contributed by atoms with van der Waals surface area (Å²) in [4.78, 5) is 29.3. The molecule has 2 N–H and O–H groups in total. The molecule has 1 heterocycles. The number of nitrogens with one attached hydrogen (secondary N) is 2. The van der Waals surface area contributed by atoms with Crippen molar-refractivity contribution in [3.63, 3.8) is 0 Å². The Kier molecular flexibility index (Phi) is 6.18. The van der Waals surface area contributed by atoms with Crippen LogP contribution in [0.5, 0.6) is 0 Å². The van der Waals surface area contributed by atoms with Crippen LogP contribution >= 0.6 is 11.6 Å². The van der Waals surface area contributed by atoms with Gasteiger partial charge in [0.1, 0.15) is 11.6 Å². The van der Waals surface area contributed by atoms with Gasteiger partial charge in [0.05, 0.1) is 21.6 Å². The maximum atomic E-state index is 13.3. The van der Waals surface area contributed by atoms with E-state index in [0.29, 0.717) is 29.2 Å². The molecule has 0 unspecified atom stereocenters. The van der Waals surface area contributed by atoms with Crippen molar-refractivity contribution in [2.45, 2.75) is 6.42 Å². The number of halogens is 2. The van der Waals surface area contributed by atoms with Gasteiger partial charge in [0, 0.05) is 31.3 Å².